The standard InChI is InChI=1S/C18H14Br2N2O4/c1-24-14-4-3-10(5-15(14)25-2)9-21-22-18(23)16-7-11-6-12(19)8-13(20)17(11)26-16/h3-9H,1-2H3,(H,22,23)/b21-9-. The average Bonchev–Trinajstić information content (AvgIpc) is 3.06. The second-order valence-corrected chi connectivity index (χ2v) is 7.00. The molecule has 1 aromatic heterocycles. The van der Waals surface area contributed by atoms with Crippen LogP contribution in [-0.2, 0) is 0 Å². The monoisotopic (exact) mass is 480 g/mol. The van der Waals surface area contributed by atoms with Crippen LogP contribution in [0.5, 0.6) is 11.5 Å². The molecule has 0 saturated carbocycles. The SMILES string of the molecule is COc1ccc(/C=N\NC(=O)c2cc3cc(Br)cc(Br)c3o2)cc1OC. The summed E-state index contributed by atoms with van der Waals surface area (Å²) in [6.45, 7) is 0. The topological polar surface area (TPSA) is 73.1 Å². The minimum Gasteiger partial charge on any atom is -0.493 e. The fourth-order valence-electron chi connectivity index (χ4n) is 2.34. The van der Waals surface area contributed by atoms with E-state index in [-0.39, 0.29) is 5.76 Å². The van der Waals surface area contributed by atoms with Crippen LogP contribution in [0.15, 0.2) is 54.9 Å². The number of nitrogens with zero attached hydrogens (tertiary/aromatic N) is 1. The van der Waals surface area contributed by atoms with Crippen LogP contribution in [0.25, 0.3) is 11.0 Å². The number of rotatable bonds is 5. The quantitative estimate of drug-likeness (QED) is 0.422. The number of halogens is 2. The molecular formula is C18H14Br2N2O4. The molecule has 0 saturated heterocycles. The summed E-state index contributed by atoms with van der Waals surface area (Å²) in [7, 11) is 3.12. The van der Waals surface area contributed by atoms with Crippen molar-refractivity contribution >= 4 is 55.0 Å². The van der Waals surface area contributed by atoms with Gasteiger partial charge in [0.25, 0.3) is 0 Å². The van der Waals surface area contributed by atoms with Crippen LogP contribution in [0, 0.1) is 0 Å². The van der Waals surface area contributed by atoms with E-state index in [1.165, 1.54) is 6.21 Å². The van der Waals surface area contributed by atoms with Gasteiger partial charge in [-0.25, -0.2) is 5.43 Å². The molecule has 0 aliphatic rings. The number of nitrogens with one attached hydrogen (secondary N) is 1. The predicted octanol–water partition coefficient (Wildman–Crippen LogP) is 4.74. The zero-order valence-corrected chi connectivity index (χ0v) is 17.0. The Kier molecular flexibility index (Phi) is 5.63. The van der Waals surface area contributed by atoms with Gasteiger partial charge in [0.1, 0.15) is 5.58 Å². The number of furan rings is 1. The maximum absolute atomic E-state index is 12.2. The second kappa shape index (κ2) is 7.92. The predicted molar refractivity (Wildman–Crippen MR) is 106 cm³/mol. The summed E-state index contributed by atoms with van der Waals surface area (Å²) in [4.78, 5) is 12.2. The normalized spacial score (nSPS) is 11.1. The van der Waals surface area contributed by atoms with E-state index in [1.54, 1.807) is 38.5 Å². The summed E-state index contributed by atoms with van der Waals surface area (Å²) >= 11 is 6.82. The van der Waals surface area contributed by atoms with Gasteiger partial charge in [0.05, 0.1) is 24.9 Å². The molecule has 6 nitrogen and oxygen atoms in total. The fraction of sp³-hybridized carbons (Fsp3) is 0.111. The van der Waals surface area contributed by atoms with E-state index in [0.29, 0.717) is 17.1 Å². The first kappa shape index (κ1) is 18.5. The van der Waals surface area contributed by atoms with Crippen LogP contribution in [0.4, 0.5) is 0 Å². The molecule has 1 N–H and O–H groups in total. The van der Waals surface area contributed by atoms with Crippen molar-refractivity contribution in [3.63, 3.8) is 0 Å². The Morgan fingerprint density at radius 3 is 2.62 bits per heavy atom. The smallest absolute Gasteiger partial charge is 0.307 e. The molecule has 0 radical (unpaired) electrons. The first-order valence-electron chi connectivity index (χ1n) is 7.46. The zero-order valence-electron chi connectivity index (χ0n) is 13.9. The maximum atomic E-state index is 12.2. The minimum atomic E-state index is -0.444. The number of hydrogen-bond donors (Lipinski definition) is 1. The molecule has 1 heterocycles. The van der Waals surface area contributed by atoms with E-state index in [9.17, 15) is 4.79 Å². The third-order valence-electron chi connectivity index (χ3n) is 3.55. The average molecular weight is 482 g/mol. The molecule has 2 aromatic carbocycles. The number of methoxy groups -OCH3 is 2. The summed E-state index contributed by atoms with van der Waals surface area (Å²) in [5.74, 6) is 0.924. The minimum absolute atomic E-state index is 0.170. The van der Waals surface area contributed by atoms with Crippen molar-refractivity contribution in [2.24, 2.45) is 5.10 Å². The molecule has 8 heteroatoms. The summed E-state index contributed by atoms with van der Waals surface area (Å²) in [5, 5.41) is 4.76. The molecule has 3 aromatic rings. The van der Waals surface area contributed by atoms with Crippen LogP contribution in [-0.4, -0.2) is 26.3 Å². The van der Waals surface area contributed by atoms with Crippen LogP contribution in [0.1, 0.15) is 16.1 Å². The van der Waals surface area contributed by atoms with E-state index < -0.39 is 5.91 Å². The molecule has 0 bridgehead atoms. The highest BCUT2D eigenvalue weighted by atomic mass is 79.9. The first-order valence-corrected chi connectivity index (χ1v) is 9.04. The van der Waals surface area contributed by atoms with Crippen LogP contribution in [0.3, 0.4) is 0 Å². The van der Waals surface area contributed by atoms with Gasteiger partial charge in [0.2, 0.25) is 0 Å². The van der Waals surface area contributed by atoms with Crippen LogP contribution >= 0.6 is 31.9 Å². The van der Waals surface area contributed by atoms with E-state index in [2.05, 4.69) is 42.4 Å². The third kappa shape index (κ3) is 3.91. The molecular weight excluding hydrogens is 468 g/mol. The molecule has 0 atom stereocenters. The summed E-state index contributed by atoms with van der Waals surface area (Å²) in [6, 6.07) is 10.7. The number of fused-ring (bicyclic) bond motifs is 1. The van der Waals surface area contributed by atoms with E-state index in [1.807, 2.05) is 12.1 Å². The largest absolute Gasteiger partial charge is 0.493 e. The Bertz CT molecular complexity index is 998. The lowest BCUT2D eigenvalue weighted by Crippen LogP contribution is -2.16. The Balaban J connectivity index is 1.74. The van der Waals surface area contributed by atoms with E-state index >= 15 is 0 Å². The Morgan fingerprint density at radius 1 is 1.12 bits per heavy atom. The van der Waals surface area contributed by atoms with Gasteiger partial charge in [0, 0.05) is 9.86 Å². The molecule has 0 unspecified atom stereocenters. The van der Waals surface area contributed by atoms with Crippen molar-refractivity contribution in [2.75, 3.05) is 14.2 Å². The second-order valence-electron chi connectivity index (χ2n) is 5.23. The molecule has 1 amide bonds. The van der Waals surface area contributed by atoms with Gasteiger partial charge in [-0.2, -0.15) is 5.10 Å². The number of hydrazone groups is 1. The Morgan fingerprint density at radius 2 is 1.88 bits per heavy atom. The van der Waals surface area contributed by atoms with Gasteiger partial charge in [-0.3, -0.25) is 4.79 Å². The number of benzene rings is 2. The van der Waals surface area contributed by atoms with E-state index in [0.717, 1.165) is 19.9 Å². The van der Waals surface area contributed by atoms with Crippen molar-refractivity contribution in [3.05, 3.63) is 56.7 Å². The Hall–Kier alpha value is -2.32. The van der Waals surface area contributed by atoms with Gasteiger partial charge in [0.15, 0.2) is 17.3 Å². The summed E-state index contributed by atoms with van der Waals surface area (Å²) in [6.07, 6.45) is 1.51. The Labute approximate surface area is 166 Å². The molecule has 134 valence electrons. The summed E-state index contributed by atoms with van der Waals surface area (Å²) in [5.41, 5.74) is 3.79. The lowest BCUT2D eigenvalue weighted by molar-refractivity contribution is 0.0929. The molecule has 3 rings (SSSR count). The lowest BCUT2D eigenvalue weighted by Gasteiger charge is -2.07. The van der Waals surface area contributed by atoms with Crippen molar-refractivity contribution < 1.29 is 18.7 Å². The van der Waals surface area contributed by atoms with Gasteiger partial charge < -0.3 is 13.9 Å². The van der Waals surface area contributed by atoms with Crippen molar-refractivity contribution in [1.29, 1.82) is 0 Å². The van der Waals surface area contributed by atoms with Gasteiger partial charge in [-0.15, -0.1) is 0 Å². The van der Waals surface area contributed by atoms with Gasteiger partial charge >= 0.3 is 5.91 Å². The van der Waals surface area contributed by atoms with Gasteiger partial charge in [-0.1, -0.05) is 15.9 Å². The molecule has 0 aliphatic heterocycles. The summed E-state index contributed by atoms with van der Waals surface area (Å²) < 4.78 is 17.6. The van der Waals surface area contributed by atoms with Crippen molar-refractivity contribution in [3.8, 4) is 11.5 Å². The van der Waals surface area contributed by atoms with Gasteiger partial charge in [-0.05, 0) is 57.9 Å². The molecule has 0 aliphatic carbocycles. The highest BCUT2D eigenvalue weighted by molar-refractivity contribution is 9.11. The fourth-order valence-corrected chi connectivity index (χ4v) is 3.68. The lowest BCUT2D eigenvalue weighted by atomic mass is 10.2. The maximum Gasteiger partial charge on any atom is 0.307 e. The van der Waals surface area contributed by atoms with Crippen molar-refractivity contribution in [1.82, 2.24) is 5.43 Å². The van der Waals surface area contributed by atoms with E-state index in [4.69, 9.17) is 13.9 Å². The molecule has 26 heavy (non-hydrogen) atoms. The zero-order chi connectivity index (χ0) is 18.7. The number of hydrogen-bond acceptors (Lipinski definition) is 5. The first-order chi connectivity index (χ1) is 12.5. The number of ether oxygens (including phenoxy) is 2. The third-order valence-corrected chi connectivity index (χ3v) is 4.59. The van der Waals surface area contributed by atoms with Crippen LogP contribution in [0.2, 0.25) is 0 Å². The number of carbonyl (C=O) groups excluding carboxylic acids is 1. The number of carbonyl (C=O) groups is 1. The number of amides is 1. The molecule has 0 spiro atoms. The van der Waals surface area contributed by atoms with Crippen molar-refractivity contribution in [2.45, 2.75) is 0 Å². The highest BCUT2D eigenvalue weighted by Gasteiger charge is 2.14. The highest BCUT2D eigenvalue weighted by Crippen LogP contribution is 2.31. The molecule has 0 fully saturated rings. The van der Waals surface area contributed by atoms with Crippen LogP contribution < -0.4 is 14.9 Å².